The van der Waals surface area contributed by atoms with E-state index in [9.17, 15) is 18.0 Å². The van der Waals surface area contributed by atoms with Gasteiger partial charge in [0.2, 0.25) is 15.9 Å². The average Bonchev–Trinajstić information content (AvgIpc) is 3.29. The average molecular weight is 465 g/mol. The molecule has 1 aromatic heterocycles. The third-order valence-electron chi connectivity index (χ3n) is 5.27. The Labute approximate surface area is 186 Å². The van der Waals surface area contributed by atoms with E-state index in [1.807, 2.05) is 17.5 Å². The van der Waals surface area contributed by atoms with E-state index in [-0.39, 0.29) is 29.2 Å². The van der Waals surface area contributed by atoms with Crippen molar-refractivity contribution >= 4 is 33.2 Å². The summed E-state index contributed by atoms with van der Waals surface area (Å²) in [5, 5.41) is 4.72. The number of primary amides is 1. The zero-order chi connectivity index (χ0) is 22.3. The minimum atomic E-state index is -3.71. The second kappa shape index (κ2) is 10.9. The number of nitrogens with one attached hydrogen (secondary N) is 2. The van der Waals surface area contributed by atoms with Gasteiger partial charge in [-0.1, -0.05) is 12.1 Å². The van der Waals surface area contributed by atoms with Crippen LogP contribution in [0, 0.1) is 5.92 Å². The van der Waals surface area contributed by atoms with Crippen LogP contribution in [-0.2, 0) is 21.4 Å². The van der Waals surface area contributed by atoms with Gasteiger partial charge < -0.3 is 16.0 Å². The Morgan fingerprint density at radius 2 is 2.06 bits per heavy atom. The predicted octanol–water partition coefficient (Wildman–Crippen LogP) is 1.54. The van der Waals surface area contributed by atoms with Crippen LogP contribution in [0.4, 0.5) is 0 Å². The Hall–Kier alpha value is -2.27. The van der Waals surface area contributed by atoms with Gasteiger partial charge in [0.25, 0.3) is 5.91 Å². The molecule has 0 aliphatic carbocycles. The highest BCUT2D eigenvalue weighted by Gasteiger charge is 2.23. The van der Waals surface area contributed by atoms with Crippen LogP contribution in [0.1, 0.15) is 34.5 Å². The second-order valence-electron chi connectivity index (χ2n) is 7.58. The molecule has 0 radical (unpaired) electrons. The van der Waals surface area contributed by atoms with Gasteiger partial charge in [-0.25, -0.2) is 13.1 Å². The van der Waals surface area contributed by atoms with Crippen LogP contribution in [0.25, 0.3) is 0 Å². The molecule has 0 spiro atoms. The molecule has 1 atom stereocenters. The van der Waals surface area contributed by atoms with Gasteiger partial charge in [0.15, 0.2) is 0 Å². The van der Waals surface area contributed by atoms with E-state index in [2.05, 4.69) is 14.9 Å². The highest BCUT2D eigenvalue weighted by atomic mass is 32.2. The molecule has 1 unspecified atom stereocenters. The Kier molecular flexibility index (Phi) is 8.19. The summed E-state index contributed by atoms with van der Waals surface area (Å²) < 4.78 is 27.6. The van der Waals surface area contributed by atoms with E-state index in [0.29, 0.717) is 18.7 Å². The lowest BCUT2D eigenvalue weighted by Crippen LogP contribution is -2.42. The van der Waals surface area contributed by atoms with Gasteiger partial charge >= 0.3 is 0 Å². The Balaban J connectivity index is 1.48. The summed E-state index contributed by atoms with van der Waals surface area (Å²) in [5.41, 5.74) is 5.70. The topological polar surface area (TPSA) is 122 Å². The Morgan fingerprint density at radius 3 is 2.81 bits per heavy atom. The number of hydrogen-bond acceptors (Lipinski definition) is 6. The molecule has 168 valence electrons. The van der Waals surface area contributed by atoms with E-state index >= 15 is 0 Å². The number of thiophene rings is 1. The van der Waals surface area contributed by atoms with Gasteiger partial charge in [0, 0.05) is 30.1 Å². The molecule has 1 saturated heterocycles. The molecule has 2 amide bonds. The number of hydrogen-bond donors (Lipinski definition) is 3. The van der Waals surface area contributed by atoms with Crippen LogP contribution >= 0.6 is 11.3 Å². The normalized spacial score (nSPS) is 17.4. The molecule has 10 heteroatoms. The SMILES string of the molecule is NC(=O)C1CCCN(CCCNC(=O)c2cccc(S(=O)(=O)NCc3cccs3)c2)C1. The minimum absolute atomic E-state index is 0.0579. The molecule has 0 saturated carbocycles. The van der Waals surface area contributed by atoms with Crippen LogP contribution < -0.4 is 15.8 Å². The molecular formula is C21H28N4O4S2. The smallest absolute Gasteiger partial charge is 0.251 e. The highest BCUT2D eigenvalue weighted by Crippen LogP contribution is 2.16. The summed E-state index contributed by atoms with van der Waals surface area (Å²) in [4.78, 5) is 27.0. The highest BCUT2D eigenvalue weighted by molar-refractivity contribution is 7.89. The lowest BCUT2D eigenvalue weighted by Gasteiger charge is -2.31. The molecule has 1 aliphatic heterocycles. The first-order chi connectivity index (χ1) is 14.8. The molecule has 2 aromatic rings. The maximum atomic E-state index is 12.5. The number of piperidine rings is 1. The Bertz CT molecular complexity index is 993. The molecule has 1 aromatic carbocycles. The monoisotopic (exact) mass is 464 g/mol. The minimum Gasteiger partial charge on any atom is -0.369 e. The fourth-order valence-electron chi connectivity index (χ4n) is 3.56. The number of rotatable bonds is 10. The maximum absolute atomic E-state index is 12.5. The zero-order valence-electron chi connectivity index (χ0n) is 17.2. The zero-order valence-corrected chi connectivity index (χ0v) is 18.9. The molecule has 1 fully saturated rings. The van der Waals surface area contributed by atoms with E-state index in [0.717, 1.165) is 37.2 Å². The van der Waals surface area contributed by atoms with Gasteiger partial charge in [-0.15, -0.1) is 11.3 Å². The summed E-state index contributed by atoms with van der Waals surface area (Å²) in [7, 11) is -3.71. The number of sulfonamides is 1. The van der Waals surface area contributed by atoms with Crippen molar-refractivity contribution in [3.63, 3.8) is 0 Å². The first kappa shape index (κ1) is 23.4. The van der Waals surface area contributed by atoms with E-state index in [1.165, 1.54) is 23.5 Å². The molecule has 8 nitrogen and oxygen atoms in total. The molecule has 31 heavy (non-hydrogen) atoms. The summed E-state index contributed by atoms with van der Waals surface area (Å²) in [6.45, 7) is 3.04. The van der Waals surface area contributed by atoms with Crippen LogP contribution in [0.5, 0.6) is 0 Å². The quantitative estimate of drug-likeness (QED) is 0.461. The number of nitrogens with zero attached hydrogens (tertiary/aromatic N) is 1. The fourth-order valence-corrected chi connectivity index (χ4v) is 5.35. The third-order valence-corrected chi connectivity index (χ3v) is 7.54. The van der Waals surface area contributed by atoms with Crippen molar-refractivity contribution in [3.05, 3.63) is 52.2 Å². The van der Waals surface area contributed by atoms with Crippen molar-refractivity contribution in [3.8, 4) is 0 Å². The van der Waals surface area contributed by atoms with Crippen LogP contribution in [-0.4, -0.2) is 51.3 Å². The summed E-state index contributed by atoms with van der Waals surface area (Å²) >= 11 is 1.47. The summed E-state index contributed by atoms with van der Waals surface area (Å²) in [6, 6.07) is 9.73. The van der Waals surface area contributed by atoms with Crippen molar-refractivity contribution < 1.29 is 18.0 Å². The number of carbonyl (C=O) groups is 2. The molecule has 1 aliphatic rings. The lowest BCUT2D eigenvalue weighted by atomic mass is 9.97. The number of carbonyl (C=O) groups excluding carboxylic acids is 2. The first-order valence-electron chi connectivity index (χ1n) is 10.3. The van der Waals surface area contributed by atoms with Crippen molar-refractivity contribution in [2.45, 2.75) is 30.7 Å². The van der Waals surface area contributed by atoms with Gasteiger partial charge in [0.1, 0.15) is 0 Å². The molecular weight excluding hydrogens is 436 g/mol. The lowest BCUT2D eigenvalue weighted by molar-refractivity contribution is -0.123. The Morgan fingerprint density at radius 1 is 1.23 bits per heavy atom. The van der Waals surface area contributed by atoms with Gasteiger partial charge in [-0.2, -0.15) is 0 Å². The van der Waals surface area contributed by atoms with Crippen LogP contribution in [0.3, 0.4) is 0 Å². The summed E-state index contributed by atoms with van der Waals surface area (Å²) in [6.07, 6.45) is 2.52. The van der Waals surface area contributed by atoms with Crippen molar-refractivity contribution in [1.29, 1.82) is 0 Å². The molecule has 2 heterocycles. The predicted molar refractivity (Wildman–Crippen MR) is 120 cm³/mol. The van der Waals surface area contributed by atoms with Gasteiger partial charge in [0.05, 0.1) is 10.8 Å². The third kappa shape index (κ3) is 6.86. The molecule has 3 rings (SSSR count). The number of nitrogens with two attached hydrogens (primary N) is 1. The van der Waals surface area contributed by atoms with Gasteiger partial charge in [-0.3, -0.25) is 9.59 Å². The number of amides is 2. The van der Waals surface area contributed by atoms with Crippen LogP contribution in [0.2, 0.25) is 0 Å². The fraction of sp³-hybridized carbons (Fsp3) is 0.429. The van der Waals surface area contributed by atoms with Crippen LogP contribution in [0.15, 0.2) is 46.7 Å². The summed E-state index contributed by atoms with van der Waals surface area (Å²) in [5.74, 6) is -0.664. The standard InChI is InChI=1S/C21H28N4O4S2/c22-20(26)17-6-2-10-25(15-17)11-4-9-23-21(27)16-5-1-8-19(13-16)31(28,29)24-14-18-7-3-12-30-18/h1,3,5,7-8,12-13,17,24H,2,4,6,9-11,14-15H2,(H2,22,26)(H,23,27). The van der Waals surface area contributed by atoms with E-state index in [1.54, 1.807) is 12.1 Å². The first-order valence-corrected chi connectivity index (χ1v) is 12.6. The van der Waals surface area contributed by atoms with Crippen molar-refractivity contribution in [2.24, 2.45) is 11.7 Å². The number of likely N-dealkylation sites (tertiary alicyclic amines) is 1. The van der Waals surface area contributed by atoms with Crippen molar-refractivity contribution in [2.75, 3.05) is 26.2 Å². The van der Waals surface area contributed by atoms with Crippen molar-refractivity contribution in [1.82, 2.24) is 14.9 Å². The van der Waals surface area contributed by atoms with E-state index in [4.69, 9.17) is 5.73 Å². The largest absolute Gasteiger partial charge is 0.369 e. The second-order valence-corrected chi connectivity index (χ2v) is 10.4. The molecule has 4 N–H and O–H groups in total. The maximum Gasteiger partial charge on any atom is 0.251 e. The van der Waals surface area contributed by atoms with E-state index < -0.39 is 10.0 Å². The van der Waals surface area contributed by atoms with Gasteiger partial charge in [-0.05, 0) is 62.0 Å². The molecule has 0 bridgehead atoms. The number of benzene rings is 1.